The van der Waals surface area contributed by atoms with E-state index in [9.17, 15) is 0 Å². The molecule has 3 nitrogen and oxygen atoms in total. The SMILES string of the molecule is Bc1cccc(O)c1.O.O. The summed E-state index contributed by atoms with van der Waals surface area (Å²) in [7, 11) is 1.94. The van der Waals surface area contributed by atoms with Gasteiger partial charge in [-0.25, -0.2) is 0 Å². The molecule has 10 heavy (non-hydrogen) atoms. The topological polar surface area (TPSA) is 83.2 Å². The van der Waals surface area contributed by atoms with E-state index < -0.39 is 0 Å². The molecule has 1 rings (SSSR count). The zero-order valence-electron chi connectivity index (χ0n) is 5.76. The monoisotopic (exact) mass is 142 g/mol. The van der Waals surface area contributed by atoms with E-state index in [0.717, 1.165) is 5.46 Å². The Hall–Kier alpha value is -0.995. The van der Waals surface area contributed by atoms with Gasteiger partial charge in [0.1, 0.15) is 13.6 Å². The van der Waals surface area contributed by atoms with Gasteiger partial charge in [0.05, 0.1) is 0 Å². The first-order chi connectivity index (χ1) is 3.79. The molecule has 0 unspecified atom stereocenters. The van der Waals surface area contributed by atoms with Crippen molar-refractivity contribution in [2.24, 2.45) is 0 Å². The van der Waals surface area contributed by atoms with E-state index in [4.69, 9.17) is 5.11 Å². The average molecular weight is 142 g/mol. The zero-order chi connectivity index (χ0) is 5.98. The largest absolute Gasteiger partial charge is 0.508 e. The quantitative estimate of drug-likeness (QED) is 0.417. The third-order valence-electron chi connectivity index (χ3n) is 1.00. The summed E-state index contributed by atoms with van der Waals surface area (Å²) in [5.41, 5.74) is 1.09. The van der Waals surface area contributed by atoms with Crippen molar-refractivity contribution >= 4 is 13.3 Å². The zero-order valence-corrected chi connectivity index (χ0v) is 5.76. The van der Waals surface area contributed by atoms with E-state index >= 15 is 0 Å². The predicted molar refractivity (Wildman–Crippen MR) is 43.5 cm³/mol. The maximum Gasteiger partial charge on any atom is 0.139 e. The summed E-state index contributed by atoms with van der Waals surface area (Å²) in [5, 5.41) is 8.81. The fourth-order valence-electron chi connectivity index (χ4n) is 0.628. The van der Waals surface area contributed by atoms with Crippen LogP contribution < -0.4 is 5.46 Å². The highest BCUT2D eigenvalue weighted by Crippen LogP contribution is 2.00. The number of phenolic OH excluding ortho intramolecular Hbond substituents is 1. The normalized spacial score (nSPS) is 7.20. The molecule has 0 saturated heterocycles. The minimum absolute atomic E-state index is 0. The van der Waals surface area contributed by atoms with Crippen molar-refractivity contribution in [3.8, 4) is 5.75 Å². The average Bonchev–Trinajstić information content (AvgIpc) is 1.64. The Labute approximate surface area is 60.3 Å². The summed E-state index contributed by atoms with van der Waals surface area (Å²) < 4.78 is 0. The van der Waals surface area contributed by atoms with Gasteiger partial charge in [-0.3, -0.25) is 0 Å². The smallest absolute Gasteiger partial charge is 0.139 e. The standard InChI is InChI=1S/C6H7BO.2H2O/c7-5-2-1-3-6(8)4-5;;/h1-4,8H,7H2;2*1H2. The molecule has 1 aromatic rings. The Kier molecular flexibility index (Phi) is 5.70. The van der Waals surface area contributed by atoms with Crippen molar-refractivity contribution in [1.29, 1.82) is 0 Å². The number of aromatic hydroxyl groups is 1. The second kappa shape index (κ2) is 4.84. The Bertz CT molecular complexity index is 173. The Morgan fingerprint density at radius 1 is 1.20 bits per heavy atom. The van der Waals surface area contributed by atoms with Crippen molar-refractivity contribution < 1.29 is 16.1 Å². The van der Waals surface area contributed by atoms with Gasteiger partial charge in [-0.05, 0) is 12.1 Å². The molecule has 0 aromatic heterocycles. The van der Waals surface area contributed by atoms with Gasteiger partial charge in [-0.1, -0.05) is 17.6 Å². The van der Waals surface area contributed by atoms with Crippen LogP contribution in [-0.2, 0) is 0 Å². The summed E-state index contributed by atoms with van der Waals surface area (Å²) >= 11 is 0. The number of hydrogen-bond donors (Lipinski definition) is 1. The molecular formula is C6H11BO3. The minimum atomic E-state index is 0. The van der Waals surface area contributed by atoms with E-state index in [1.54, 1.807) is 12.1 Å². The number of benzene rings is 1. The van der Waals surface area contributed by atoms with Gasteiger partial charge in [-0.15, -0.1) is 0 Å². The molecule has 0 atom stereocenters. The van der Waals surface area contributed by atoms with E-state index in [0.29, 0.717) is 5.75 Å². The van der Waals surface area contributed by atoms with Gasteiger partial charge in [0.2, 0.25) is 0 Å². The highest BCUT2D eigenvalue weighted by molar-refractivity contribution is 6.32. The third-order valence-corrected chi connectivity index (χ3v) is 1.00. The van der Waals surface area contributed by atoms with E-state index in [-0.39, 0.29) is 11.0 Å². The number of hydrogen-bond acceptors (Lipinski definition) is 1. The summed E-state index contributed by atoms with van der Waals surface area (Å²) in [6.07, 6.45) is 0. The summed E-state index contributed by atoms with van der Waals surface area (Å²) in [4.78, 5) is 0. The summed E-state index contributed by atoms with van der Waals surface area (Å²) in [5.74, 6) is 0.338. The molecule has 0 aliphatic rings. The first-order valence-electron chi connectivity index (χ1n) is 2.54. The third kappa shape index (κ3) is 3.12. The van der Waals surface area contributed by atoms with Gasteiger partial charge in [-0.2, -0.15) is 0 Å². The summed E-state index contributed by atoms with van der Waals surface area (Å²) in [6, 6.07) is 7.15. The molecule has 0 aliphatic heterocycles. The van der Waals surface area contributed by atoms with Crippen LogP contribution in [0.15, 0.2) is 24.3 Å². The van der Waals surface area contributed by atoms with Crippen LogP contribution in [0.3, 0.4) is 0 Å². The van der Waals surface area contributed by atoms with Crippen LogP contribution in [0.2, 0.25) is 0 Å². The fraction of sp³-hybridized carbons (Fsp3) is 0. The molecule has 0 fully saturated rings. The molecule has 4 heteroatoms. The van der Waals surface area contributed by atoms with Gasteiger partial charge < -0.3 is 16.1 Å². The molecule has 5 N–H and O–H groups in total. The van der Waals surface area contributed by atoms with Crippen LogP contribution >= 0.6 is 0 Å². The first-order valence-corrected chi connectivity index (χ1v) is 2.54. The van der Waals surface area contributed by atoms with E-state index in [2.05, 4.69) is 0 Å². The Morgan fingerprint density at radius 3 is 2.10 bits per heavy atom. The fourth-order valence-corrected chi connectivity index (χ4v) is 0.628. The second-order valence-corrected chi connectivity index (χ2v) is 1.84. The minimum Gasteiger partial charge on any atom is -0.508 e. The van der Waals surface area contributed by atoms with Crippen LogP contribution in [0.4, 0.5) is 0 Å². The lowest BCUT2D eigenvalue weighted by molar-refractivity contribution is 0.476. The molecule has 0 saturated carbocycles. The van der Waals surface area contributed by atoms with E-state index in [1.807, 2.05) is 20.0 Å². The van der Waals surface area contributed by atoms with Crippen molar-refractivity contribution in [2.75, 3.05) is 0 Å². The summed E-state index contributed by atoms with van der Waals surface area (Å²) in [6.45, 7) is 0. The molecule has 1 aromatic carbocycles. The van der Waals surface area contributed by atoms with E-state index in [1.165, 1.54) is 0 Å². The lowest BCUT2D eigenvalue weighted by Crippen LogP contribution is -1.97. The highest BCUT2D eigenvalue weighted by Gasteiger charge is 1.83. The van der Waals surface area contributed by atoms with Crippen molar-refractivity contribution in [2.45, 2.75) is 0 Å². The van der Waals surface area contributed by atoms with Crippen molar-refractivity contribution in [3.05, 3.63) is 24.3 Å². The van der Waals surface area contributed by atoms with Crippen LogP contribution in [0.1, 0.15) is 0 Å². The van der Waals surface area contributed by atoms with Crippen molar-refractivity contribution in [3.63, 3.8) is 0 Å². The molecular weight excluding hydrogens is 131 g/mol. The second-order valence-electron chi connectivity index (χ2n) is 1.84. The Balaban J connectivity index is 0. The maximum absolute atomic E-state index is 8.81. The highest BCUT2D eigenvalue weighted by atomic mass is 16.3. The van der Waals surface area contributed by atoms with Crippen LogP contribution in [0, 0.1) is 0 Å². The molecule has 0 amide bonds. The maximum atomic E-state index is 8.81. The van der Waals surface area contributed by atoms with Crippen LogP contribution in [-0.4, -0.2) is 23.9 Å². The first kappa shape index (κ1) is 11.8. The molecule has 56 valence electrons. The number of phenols is 1. The molecule has 0 aliphatic carbocycles. The van der Waals surface area contributed by atoms with Gasteiger partial charge in [0.15, 0.2) is 0 Å². The molecule has 0 heterocycles. The lowest BCUT2D eigenvalue weighted by atomic mass is 9.97. The van der Waals surface area contributed by atoms with Gasteiger partial charge >= 0.3 is 0 Å². The molecule has 0 radical (unpaired) electrons. The number of rotatable bonds is 0. The predicted octanol–water partition coefficient (Wildman–Crippen LogP) is -2.00. The lowest BCUT2D eigenvalue weighted by Gasteiger charge is -1.90. The molecule has 0 bridgehead atoms. The van der Waals surface area contributed by atoms with Crippen LogP contribution in [0.25, 0.3) is 0 Å². The van der Waals surface area contributed by atoms with Gasteiger partial charge in [0.25, 0.3) is 0 Å². The van der Waals surface area contributed by atoms with Crippen LogP contribution in [0.5, 0.6) is 5.75 Å². The van der Waals surface area contributed by atoms with Gasteiger partial charge in [0, 0.05) is 0 Å². The van der Waals surface area contributed by atoms with Crippen molar-refractivity contribution in [1.82, 2.24) is 0 Å². The Morgan fingerprint density at radius 2 is 1.80 bits per heavy atom. The molecule has 0 spiro atoms.